The van der Waals surface area contributed by atoms with Crippen LogP contribution in [0.25, 0.3) is 32.2 Å². The number of alkyl halides is 1. The third kappa shape index (κ3) is 3.98. The minimum Gasteiger partial charge on any atom is -0.462 e. The fraction of sp³-hybridized carbons (Fsp3) is 0.448. The van der Waals surface area contributed by atoms with E-state index >= 15 is 4.39 Å². The molecule has 0 spiro atoms. The summed E-state index contributed by atoms with van der Waals surface area (Å²) in [4.78, 5) is 17.8. The van der Waals surface area contributed by atoms with E-state index < -0.39 is 17.8 Å². The van der Waals surface area contributed by atoms with Crippen LogP contribution in [0.15, 0.2) is 6.20 Å². The topological polar surface area (TPSA) is 125 Å². The van der Waals surface area contributed by atoms with Crippen molar-refractivity contribution in [3.63, 3.8) is 0 Å². The van der Waals surface area contributed by atoms with E-state index in [4.69, 9.17) is 20.2 Å². The number of thiophene rings is 1. The van der Waals surface area contributed by atoms with Gasteiger partial charge in [0.15, 0.2) is 11.6 Å². The van der Waals surface area contributed by atoms with Crippen molar-refractivity contribution in [1.82, 2.24) is 25.2 Å². The van der Waals surface area contributed by atoms with Gasteiger partial charge in [-0.2, -0.15) is 15.2 Å². The summed E-state index contributed by atoms with van der Waals surface area (Å²) in [6.45, 7) is 2.32. The van der Waals surface area contributed by atoms with Gasteiger partial charge in [-0.25, -0.2) is 13.2 Å². The van der Waals surface area contributed by atoms with Crippen molar-refractivity contribution in [2.45, 2.75) is 50.4 Å². The molecule has 10 nitrogen and oxygen atoms in total. The van der Waals surface area contributed by atoms with Gasteiger partial charge in [-0.05, 0) is 31.0 Å². The molecule has 4 atom stereocenters. The Morgan fingerprint density at radius 2 is 1.98 bits per heavy atom. The van der Waals surface area contributed by atoms with Crippen LogP contribution in [0.2, 0.25) is 0 Å². The number of rotatable bonds is 5. The van der Waals surface area contributed by atoms with Crippen LogP contribution in [0.1, 0.15) is 29.5 Å². The third-order valence-corrected chi connectivity index (χ3v) is 10.2. The molecule has 8 rings (SSSR count). The number of likely N-dealkylation sites (N-methyl/N-ethyl adjacent to an activating group) is 1. The highest BCUT2D eigenvalue weighted by Gasteiger charge is 2.44. The van der Waals surface area contributed by atoms with Crippen molar-refractivity contribution in [3.05, 3.63) is 34.5 Å². The zero-order valence-corrected chi connectivity index (χ0v) is 24.0. The number of pyridine rings is 1. The molecule has 222 valence electrons. The lowest BCUT2D eigenvalue weighted by Gasteiger charge is -2.54. The van der Waals surface area contributed by atoms with Crippen molar-refractivity contribution in [1.29, 1.82) is 5.26 Å². The molecular weight excluding hydrogens is 581 g/mol. The number of hydrogen-bond acceptors (Lipinski definition) is 11. The normalized spacial score (nSPS) is 24.9. The van der Waals surface area contributed by atoms with Gasteiger partial charge in [0.05, 0.1) is 40.8 Å². The van der Waals surface area contributed by atoms with Crippen molar-refractivity contribution in [2.24, 2.45) is 0 Å². The van der Waals surface area contributed by atoms with Crippen molar-refractivity contribution in [2.75, 3.05) is 43.9 Å². The summed E-state index contributed by atoms with van der Waals surface area (Å²) in [5, 5.41) is 14.1. The molecule has 3 saturated heterocycles. The molecule has 0 amide bonds. The Bertz CT molecular complexity index is 1850. The lowest BCUT2D eigenvalue weighted by Crippen LogP contribution is -2.68. The van der Waals surface area contributed by atoms with Crippen LogP contribution in [0.3, 0.4) is 0 Å². The van der Waals surface area contributed by atoms with Crippen LogP contribution in [0.4, 0.5) is 24.0 Å². The Balaban J connectivity index is 1.35. The van der Waals surface area contributed by atoms with Gasteiger partial charge >= 0.3 is 6.01 Å². The number of hydrogen-bond donors (Lipinski definition) is 2. The second-order valence-electron chi connectivity index (χ2n) is 11.7. The highest BCUT2D eigenvalue weighted by atomic mass is 32.1. The zero-order valence-electron chi connectivity index (χ0n) is 23.2. The average molecular weight is 609 g/mol. The van der Waals surface area contributed by atoms with E-state index in [1.54, 1.807) is 0 Å². The Labute approximate surface area is 248 Å². The fourth-order valence-corrected chi connectivity index (χ4v) is 8.00. The fourth-order valence-electron chi connectivity index (χ4n) is 7.08. The number of piperidine rings is 1. The van der Waals surface area contributed by atoms with Gasteiger partial charge in [0.25, 0.3) is 0 Å². The van der Waals surface area contributed by atoms with Gasteiger partial charge in [0.2, 0.25) is 0 Å². The van der Waals surface area contributed by atoms with Gasteiger partial charge in [-0.15, -0.1) is 11.3 Å². The largest absolute Gasteiger partial charge is 0.462 e. The molecule has 0 aliphatic carbocycles. The number of halogens is 3. The SMILES string of the molecule is CN1C[C@H](F)C[C@H]1COc1nc(N2C3CNCC2C3)c2c3c(c(-c4ncc(F)c5sc(N)c(C#N)c45)c(F)c2n1)COC3. The zero-order chi connectivity index (χ0) is 29.6. The summed E-state index contributed by atoms with van der Waals surface area (Å²) in [5.41, 5.74) is 7.64. The molecule has 14 heteroatoms. The van der Waals surface area contributed by atoms with Gasteiger partial charge in [0.1, 0.15) is 35.2 Å². The van der Waals surface area contributed by atoms with Gasteiger partial charge < -0.3 is 25.4 Å². The molecule has 7 heterocycles. The summed E-state index contributed by atoms with van der Waals surface area (Å²) >= 11 is 0.927. The number of anilines is 2. The first-order chi connectivity index (χ1) is 20.8. The summed E-state index contributed by atoms with van der Waals surface area (Å²) in [7, 11) is 1.84. The smallest absolute Gasteiger partial charge is 0.319 e. The van der Waals surface area contributed by atoms with E-state index in [9.17, 15) is 14.0 Å². The molecule has 1 aromatic carbocycles. The number of piperazine rings is 1. The number of likely N-dealkylation sites (tertiary alicyclic amines) is 1. The first-order valence-electron chi connectivity index (χ1n) is 14.2. The second-order valence-corrected chi connectivity index (χ2v) is 12.7. The van der Waals surface area contributed by atoms with Crippen LogP contribution in [0.5, 0.6) is 6.01 Å². The molecule has 43 heavy (non-hydrogen) atoms. The number of aromatic nitrogens is 3. The number of ether oxygens (including phenoxy) is 2. The van der Waals surface area contributed by atoms with Crippen LogP contribution >= 0.6 is 11.3 Å². The van der Waals surface area contributed by atoms with E-state index in [0.29, 0.717) is 29.7 Å². The van der Waals surface area contributed by atoms with E-state index in [2.05, 4.69) is 20.2 Å². The summed E-state index contributed by atoms with van der Waals surface area (Å²) in [6.07, 6.45) is 1.41. The molecule has 3 N–H and O–H groups in total. The Hall–Kier alpha value is -3.77. The first-order valence-corrected chi connectivity index (χ1v) is 15.0. The lowest BCUT2D eigenvalue weighted by atomic mass is 9.87. The van der Waals surface area contributed by atoms with Crippen LogP contribution in [0, 0.1) is 23.0 Å². The monoisotopic (exact) mass is 608 g/mol. The van der Waals surface area contributed by atoms with Crippen molar-refractivity contribution < 1.29 is 22.6 Å². The Morgan fingerprint density at radius 1 is 1.19 bits per heavy atom. The minimum atomic E-state index is -0.938. The summed E-state index contributed by atoms with van der Waals surface area (Å²) in [6, 6.07) is 2.24. The summed E-state index contributed by atoms with van der Waals surface area (Å²) < 4.78 is 58.0. The Morgan fingerprint density at radius 3 is 2.70 bits per heavy atom. The molecule has 4 aliphatic rings. The Kier molecular flexibility index (Phi) is 6.16. The molecule has 3 fully saturated rings. The van der Waals surface area contributed by atoms with Gasteiger partial charge in [-0.1, -0.05) is 0 Å². The molecular formula is C29H27F3N8O2S. The van der Waals surface area contributed by atoms with Crippen molar-refractivity contribution >= 4 is 43.1 Å². The lowest BCUT2D eigenvalue weighted by molar-refractivity contribution is 0.135. The third-order valence-electron chi connectivity index (χ3n) is 9.18. The maximum absolute atomic E-state index is 17.0. The van der Waals surface area contributed by atoms with E-state index in [0.717, 1.165) is 42.6 Å². The molecule has 2 bridgehead atoms. The van der Waals surface area contributed by atoms with Crippen LogP contribution < -0.4 is 20.7 Å². The summed E-state index contributed by atoms with van der Waals surface area (Å²) in [5.74, 6) is -0.753. The average Bonchev–Trinajstić information content (AvgIpc) is 3.69. The number of nitrogens with zero attached hydrogens (tertiary/aromatic N) is 6. The predicted octanol–water partition coefficient (Wildman–Crippen LogP) is 3.64. The van der Waals surface area contributed by atoms with Crippen LogP contribution in [-0.2, 0) is 18.0 Å². The standard InChI is InChI=1S/C29H27F3N8O2S/c1-39-8-12(30)2-15(39)9-42-29-37-25-22(28(38-29)40-13-3-14(40)6-35-5-13)18-11-41-10-17(18)20(23(25)32)24-21-16(4-33)27(34)43-26(21)19(31)7-36-24/h7,12-15,35H,2-3,5-6,8-11,34H2,1H3/t12-,13?,14?,15+/m1/s1. The van der Waals surface area contributed by atoms with E-state index in [1.165, 1.54) is 0 Å². The number of nitriles is 1. The molecule has 3 aromatic heterocycles. The second kappa shape index (κ2) is 9.88. The molecule has 0 saturated carbocycles. The molecule has 2 unspecified atom stereocenters. The predicted molar refractivity (Wildman–Crippen MR) is 155 cm³/mol. The maximum atomic E-state index is 17.0. The van der Waals surface area contributed by atoms with Gasteiger partial charge in [0, 0.05) is 48.7 Å². The number of nitrogen functional groups attached to an aromatic ring is 1. The highest BCUT2D eigenvalue weighted by molar-refractivity contribution is 7.23. The molecule has 0 radical (unpaired) electrons. The minimum absolute atomic E-state index is 0.00504. The van der Waals surface area contributed by atoms with Crippen molar-refractivity contribution in [3.8, 4) is 23.3 Å². The number of nitrogens with two attached hydrogens (primary N) is 1. The van der Waals surface area contributed by atoms with Gasteiger partial charge in [-0.3, -0.25) is 9.88 Å². The number of nitrogens with one attached hydrogen (secondary N) is 1. The first kappa shape index (κ1) is 26.8. The number of fused-ring (bicyclic) bond motifs is 6. The highest BCUT2D eigenvalue weighted by Crippen LogP contribution is 2.48. The quantitative estimate of drug-likeness (QED) is 0.347. The maximum Gasteiger partial charge on any atom is 0.319 e. The van der Waals surface area contributed by atoms with Crippen LogP contribution in [-0.4, -0.2) is 77.4 Å². The molecule has 4 aromatic rings. The van der Waals surface area contributed by atoms with E-state index in [-0.39, 0.29) is 81.4 Å². The number of benzene rings is 1. The van der Waals surface area contributed by atoms with E-state index in [1.807, 2.05) is 18.0 Å². The molecule has 4 aliphatic heterocycles.